The van der Waals surface area contributed by atoms with Gasteiger partial charge in [0.05, 0.1) is 19.8 Å². The van der Waals surface area contributed by atoms with E-state index < -0.39 is 36.1 Å². The lowest BCUT2D eigenvalue weighted by molar-refractivity contribution is -0.166. The molecule has 2 rings (SSSR count). The summed E-state index contributed by atoms with van der Waals surface area (Å²) in [5, 5.41) is 19.2. The summed E-state index contributed by atoms with van der Waals surface area (Å²) < 4.78 is 9.58. The Labute approximate surface area is 132 Å². The largest absolute Gasteiger partial charge is 0.479 e. The number of hydrogen-bond acceptors (Lipinski definition) is 6. The summed E-state index contributed by atoms with van der Waals surface area (Å²) >= 11 is 0. The van der Waals surface area contributed by atoms with E-state index in [1.54, 1.807) is 30.3 Å². The van der Waals surface area contributed by atoms with Crippen LogP contribution in [0.1, 0.15) is 12.0 Å². The molecule has 0 aliphatic carbocycles. The maximum absolute atomic E-state index is 12.2. The monoisotopic (exact) mass is 323 g/mol. The molecule has 0 bridgehead atoms. The highest BCUT2D eigenvalue weighted by Crippen LogP contribution is 2.32. The fraction of sp³-hybridized carbons (Fsp3) is 0.400. The first-order chi connectivity index (χ1) is 10.9. The summed E-state index contributed by atoms with van der Waals surface area (Å²) in [6.07, 6.45) is -2.61. The highest BCUT2D eigenvalue weighted by atomic mass is 16.6. The Bertz CT molecular complexity index is 603. The van der Waals surface area contributed by atoms with Crippen molar-refractivity contribution in [3.05, 3.63) is 35.9 Å². The Morgan fingerprint density at radius 3 is 2.52 bits per heavy atom. The fourth-order valence-electron chi connectivity index (χ4n) is 2.56. The van der Waals surface area contributed by atoms with E-state index in [1.807, 2.05) is 0 Å². The summed E-state index contributed by atoms with van der Waals surface area (Å²) in [5.41, 5.74) is -1.57. The zero-order valence-electron chi connectivity index (χ0n) is 12.5. The number of carboxylic acid groups (broad SMARTS) is 1. The number of nitrogens with zero attached hydrogens (tertiary/aromatic N) is 1. The molecule has 1 saturated heterocycles. The Morgan fingerprint density at radius 2 is 1.96 bits per heavy atom. The van der Waals surface area contributed by atoms with E-state index in [0.717, 1.165) is 7.11 Å². The van der Waals surface area contributed by atoms with Crippen LogP contribution in [0.4, 0.5) is 4.79 Å². The van der Waals surface area contributed by atoms with Crippen molar-refractivity contribution < 1.29 is 34.1 Å². The number of aliphatic hydroxyl groups is 1. The first-order valence-corrected chi connectivity index (χ1v) is 6.90. The van der Waals surface area contributed by atoms with Crippen molar-refractivity contribution in [1.82, 2.24) is 4.90 Å². The minimum Gasteiger partial charge on any atom is -0.479 e. The van der Waals surface area contributed by atoms with Crippen LogP contribution in [0.25, 0.3) is 0 Å². The number of β-amino-alcohol motifs (C(OH)–C–C–N with tert-alkyl or cyclic N) is 1. The van der Waals surface area contributed by atoms with Gasteiger partial charge < -0.3 is 19.7 Å². The molecular formula is C15H17NO7. The van der Waals surface area contributed by atoms with Crippen LogP contribution in [-0.4, -0.2) is 58.4 Å². The second-order valence-electron chi connectivity index (χ2n) is 5.17. The van der Waals surface area contributed by atoms with Gasteiger partial charge in [-0.25, -0.2) is 14.4 Å². The molecule has 0 saturated carbocycles. The molecule has 8 nitrogen and oxygen atoms in total. The second kappa shape index (κ2) is 6.66. The zero-order valence-corrected chi connectivity index (χ0v) is 12.5. The van der Waals surface area contributed by atoms with Crippen molar-refractivity contribution in [2.45, 2.75) is 24.7 Å². The minimum atomic E-state index is -2.28. The van der Waals surface area contributed by atoms with Crippen LogP contribution in [0.15, 0.2) is 30.3 Å². The molecule has 8 heteroatoms. The molecule has 2 atom stereocenters. The standard InChI is InChI=1S/C15H17NO7/c1-22-13(20)15(12(18)19)7-11(17)8-16(15)14(21)23-9-10-5-3-2-4-6-10/h2-6,11,17H,7-9H2,1H3,(H,18,19)/t11-,15+/m1/s1. The van der Waals surface area contributed by atoms with E-state index in [1.165, 1.54) is 0 Å². The van der Waals surface area contributed by atoms with Gasteiger partial charge in [-0.1, -0.05) is 30.3 Å². The number of ether oxygens (including phenoxy) is 2. The Kier molecular flexibility index (Phi) is 4.85. The van der Waals surface area contributed by atoms with E-state index in [2.05, 4.69) is 4.74 Å². The number of benzene rings is 1. The Balaban J connectivity index is 2.19. The normalized spacial score (nSPS) is 23.4. The number of aliphatic hydroxyl groups excluding tert-OH is 1. The van der Waals surface area contributed by atoms with Gasteiger partial charge in [-0.2, -0.15) is 0 Å². The van der Waals surface area contributed by atoms with Crippen LogP contribution < -0.4 is 0 Å². The molecule has 0 radical (unpaired) electrons. The van der Waals surface area contributed by atoms with Crippen molar-refractivity contribution in [1.29, 1.82) is 0 Å². The van der Waals surface area contributed by atoms with Gasteiger partial charge in [-0.15, -0.1) is 0 Å². The van der Waals surface area contributed by atoms with Crippen LogP contribution in [-0.2, 0) is 25.7 Å². The predicted octanol–water partition coefficient (Wildman–Crippen LogP) is 0.386. The van der Waals surface area contributed by atoms with Gasteiger partial charge >= 0.3 is 18.0 Å². The zero-order chi connectivity index (χ0) is 17.0. The van der Waals surface area contributed by atoms with Gasteiger partial charge in [0.15, 0.2) is 0 Å². The van der Waals surface area contributed by atoms with Gasteiger partial charge in [-0.05, 0) is 5.56 Å². The average Bonchev–Trinajstić information content (AvgIpc) is 2.91. The number of rotatable bonds is 4. The fourth-order valence-corrected chi connectivity index (χ4v) is 2.56. The lowest BCUT2D eigenvalue weighted by atomic mass is 9.96. The molecule has 1 aromatic rings. The number of carboxylic acids is 1. The molecule has 124 valence electrons. The van der Waals surface area contributed by atoms with Gasteiger partial charge in [0, 0.05) is 6.42 Å². The molecular weight excluding hydrogens is 306 g/mol. The number of aliphatic carboxylic acids is 1. The van der Waals surface area contributed by atoms with E-state index in [9.17, 15) is 24.6 Å². The third kappa shape index (κ3) is 3.11. The molecule has 23 heavy (non-hydrogen) atoms. The Morgan fingerprint density at radius 1 is 1.30 bits per heavy atom. The van der Waals surface area contributed by atoms with Gasteiger partial charge in [-0.3, -0.25) is 4.90 Å². The van der Waals surface area contributed by atoms with E-state index in [0.29, 0.717) is 10.5 Å². The third-order valence-electron chi connectivity index (χ3n) is 3.69. The highest BCUT2D eigenvalue weighted by molar-refractivity contribution is 6.07. The van der Waals surface area contributed by atoms with Gasteiger partial charge in [0.1, 0.15) is 6.61 Å². The molecule has 2 N–H and O–H groups in total. The summed E-state index contributed by atoms with van der Waals surface area (Å²) in [5.74, 6) is -2.70. The molecule has 1 amide bonds. The third-order valence-corrected chi connectivity index (χ3v) is 3.69. The molecule has 0 aromatic heterocycles. The van der Waals surface area contributed by atoms with Crippen LogP contribution >= 0.6 is 0 Å². The quantitative estimate of drug-likeness (QED) is 0.608. The van der Waals surface area contributed by atoms with E-state index >= 15 is 0 Å². The van der Waals surface area contributed by atoms with Crippen molar-refractivity contribution >= 4 is 18.0 Å². The number of methoxy groups -OCH3 is 1. The molecule has 1 heterocycles. The average molecular weight is 323 g/mol. The predicted molar refractivity (Wildman–Crippen MR) is 76.3 cm³/mol. The van der Waals surface area contributed by atoms with Gasteiger partial charge in [0.25, 0.3) is 0 Å². The highest BCUT2D eigenvalue weighted by Gasteiger charge is 2.60. The molecule has 1 aromatic carbocycles. The minimum absolute atomic E-state index is 0.0802. The lowest BCUT2D eigenvalue weighted by Crippen LogP contribution is -2.59. The summed E-state index contributed by atoms with van der Waals surface area (Å²) in [4.78, 5) is 36.5. The van der Waals surface area contributed by atoms with Crippen LogP contribution in [0.2, 0.25) is 0 Å². The number of carbonyl (C=O) groups excluding carboxylic acids is 2. The molecule has 1 fully saturated rings. The number of carbonyl (C=O) groups is 3. The number of likely N-dealkylation sites (tertiary alicyclic amines) is 1. The molecule has 0 spiro atoms. The first-order valence-electron chi connectivity index (χ1n) is 6.90. The Hall–Kier alpha value is -2.61. The summed E-state index contributed by atoms with van der Waals surface area (Å²) in [7, 11) is 1.02. The summed E-state index contributed by atoms with van der Waals surface area (Å²) in [6, 6.07) is 8.79. The summed E-state index contributed by atoms with van der Waals surface area (Å²) in [6.45, 7) is -0.405. The van der Waals surface area contributed by atoms with Crippen molar-refractivity contribution in [3.63, 3.8) is 0 Å². The second-order valence-corrected chi connectivity index (χ2v) is 5.17. The maximum Gasteiger partial charge on any atom is 0.411 e. The number of esters is 1. The topological polar surface area (TPSA) is 113 Å². The van der Waals surface area contributed by atoms with E-state index in [4.69, 9.17) is 4.74 Å². The van der Waals surface area contributed by atoms with Crippen LogP contribution in [0.3, 0.4) is 0 Å². The van der Waals surface area contributed by atoms with Crippen molar-refractivity contribution in [2.75, 3.05) is 13.7 Å². The van der Waals surface area contributed by atoms with E-state index in [-0.39, 0.29) is 13.2 Å². The number of hydrogen-bond donors (Lipinski definition) is 2. The van der Waals surface area contributed by atoms with Crippen LogP contribution in [0.5, 0.6) is 0 Å². The molecule has 0 unspecified atom stereocenters. The lowest BCUT2D eigenvalue weighted by Gasteiger charge is -2.30. The SMILES string of the molecule is COC(=O)[C@@]1(C(=O)O)C[C@@H](O)CN1C(=O)OCc1ccccc1. The maximum atomic E-state index is 12.2. The molecule has 1 aliphatic heterocycles. The van der Waals surface area contributed by atoms with Crippen molar-refractivity contribution in [2.24, 2.45) is 0 Å². The molecule has 1 aliphatic rings. The van der Waals surface area contributed by atoms with Crippen molar-refractivity contribution in [3.8, 4) is 0 Å². The van der Waals surface area contributed by atoms with Crippen LogP contribution in [0, 0.1) is 0 Å². The van der Waals surface area contributed by atoms with Gasteiger partial charge in [0.2, 0.25) is 5.54 Å². The first kappa shape index (κ1) is 16.8. The number of amides is 1. The smallest absolute Gasteiger partial charge is 0.411 e.